The lowest BCUT2D eigenvalue weighted by atomic mass is 10.3. The lowest BCUT2D eigenvalue weighted by molar-refractivity contribution is -0.141. The van der Waals surface area contributed by atoms with Gasteiger partial charge < -0.3 is 4.74 Å². The maximum absolute atomic E-state index is 12.5. The number of ether oxygens (including phenoxy) is 1. The highest BCUT2D eigenvalue weighted by molar-refractivity contribution is 6.89. The highest BCUT2D eigenvalue weighted by atomic mass is 28.3. The molecular formula is C10H14F3NOSi. The number of methoxy groups -OCH3 is 1. The normalized spacial score (nSPS) is 12.7. The van der Waals surface area contributed by atoms with Crippen molar-refractivity contribution in [1.82, 2.24) is 4.98 Å². The van der Waals surface area contributed by atoms with Gasteiger partial charge in [-0.1, -0.05) is 19.6 Å². The molecule has 2 nitrogen and oxygen atoms in total. The van der Waals surface area contributed by atoms with E-state index in [-0.39, 0.29) is 0 Å². The third-order valence-electron chi connectivity index (χ3n) is 2.19. The Hall–Kier alpha value is -1.04. The minimum atomic E-state index is -4.40. The lowest BCUT2D eigenvalue weighted by Gasteiger charge is -2.21. The van der Waals surface area contributed by atoms with Crippen molar-refractivity contribution in [2.45, 2.75) is 25.8 Å². The zero-order valence-corrected chi connectivity index (χ0v) is 10.6. The summed E-state index contributed by atoms with van der Waals surface area (Å²) in [4.78, 5) is 3.37. The molecule has 0 aliphatic carbocycles. The van der Waals surface area contributed by atoms with E-state index in [0.29, 0.717) is 10.9 Å². The number of nitrogens with zero attached hydrogens (tertiary/aromatic N) is 1. The third kappa shape index (κ3) is 2.75. The topological polar surface area (TPSA) is 22.1 Å². The van der Waals surface area contributed by atoms with Crippen LogP contribution in [0.2, 0.25) is 19.6 Å². The van der Waals surface area contributed by atoms with Crippen LogP contribution in [-0.4, -0.2) is 20.2 Å². The van der Waals surface area contributed by atoms with Crippen molar-refractivity contribution in [3.05, 3.63) is 18.0 Å². The second-order valence-electron chi connectivity index (χ2n) is 4.52. The van der Waals surface area contributed by atoms with Crippen molar-refractivity contribution in [2.75, 3.05) is 7.11 Å². The Morgan fingerprint density at radius 1 is 1.25 bits per heavy atom. The SMILES string of the molecule is COc1cnc(C(F)(F)F)cc1[Si](C)(C)C. The van der Waals surface area contributed by atoms with E-state index in [0.717, 1.165) is 12.3 Å². The molecule has 0 aliphatic rings. The van der Waals surface area contributed by atoms with Crippen LogP contribution in [0.1, 0.15) is 5.69 Å². The van der Waals surface area contributed by atoms with Crippen LogP contribution in [0.15, 0.2) is 12.3 Å². The Labute approximate surface area is 93.5 Å². The summed E-state index contributed by atoms with van der Waals surface area (Å²) in [5.41, 5.74) is -0.856. The fourth-order valence-corrected chi connectivity index (χ4v) is 2.82. The Kier molecular flexibility index (Phi) is 3.32. The van der Waals surface area contributed by atoms with Crippen molar-refractivity contribution in [3.63, 3.8) is 0 Å². The maximum Gasteiger partial charge on any atom is 0.433 e. The number of pyridine rings is 1. The molecule has 0 aliphatic heterocycles. The molecule has 90 valence electrons. The zero-order chi connectivity index (χ0) is 12.6. The van der Waals surface area contributed by atoms with Crippen LogP contribution in [0, 0.1) is 0 Å². The summed E-state index contributed by atoms with van der Waals surface area (Å²) >= 11 is 0. The highest BCUT2D eigenvalue weighted by Gasteiger charge is 2.34. The largest absolute Gasteiger partial charge is 0.495 e. The Bertz CT molecular complexity index is 385. The van der Waals surface area contributed by atoms with Gasteiger partial charge in [0.2, 0.25) is 0 Å². The highest BCUT2D eigenvalue weighted by Crippen LogP contribution is 2.28. The molecule has 0 amide bonds. The first-order valence-corrected chi connectivity index (χ1v) is 8.28. The Balaban J connectivity index is 3.34. The van der Waals surface area contributed by atoms with Crippen LogP contribution in [0.25, 0.3) is 0 Å². The average Bonchev–Trinajstić information content (AvgIpc) is 2.14. The molecule has 1 aromatic rings. The first-order valence-electron chi connectivity index (χ1n) is 4.78. The second-order valence-corrected chi connectivity index (χ2v) is 9.56. The quantitative estimate of drug-likeness (QED) is 0.752. The van der Waals surface area contributed by atoms with Gasteiger partial charge in [0.05, 0.1) is 21.4 Å². The molecular weight excluding hydrogens is 235 g/mol. The molecule has 0 spiro atoms. The van der Waals surface area contributed by atoms with Gasteiger partial charge in [0, 0.05) is 0 Å². The second kappa shape index (κ2) is 4.08. The molecule has 0 atom stereocenters. The number of hydrogen-bond acceptors (Lipinski definition) is 2. The number of hydrogen-bond donors (Lipinski definition) is 0. The zero-order valence-electron chi connectivity index (χ0n) is 9.64. The van der Waals surface area contributed by atoms with Crippen molar-refractivity contribution in [3.8, 4) is 5.75 Å². The molecule has 0 saturated carbocycles. The summed E-state index contributed by atoms with van der Waals surface area (Å²) < 4.78 is 42.6. The van der Waals surface area contributed by atoms with E-state index in [4.69, 9.17) is 4.74 Å². The van der Waals surface area contributed by atoms with Gasteiger partial charge >= 0.3 is 6.18 Å². The molecule has 0 N–H and O–H groups in total. The molecule has 1 heterocycles. The van der Waals surface area contributed by atoms with E-state index in [1.807, 2.05) is 19.6 Å². The monoisotopic (exact) mass is 249 g/mol. The smallest absolute Gasteiger partial charge is 0.433 e. The molecule has 0 saturated heterocycles. The summed E-state index contributed by atoms with van der Waals surface area (Å²) in [7, 11) is -0.436. The van der Waals surface area contributed by atoms with E-state index in [1.54, 1.807) is 0 Å². The minimum absolute atomic E-state index is 0.437. The first-order chi connectivity index (χ1) is 7.16. The van der Waals surface area contributed by atoms with Gasteiger partial charge in [0.15, 0.2) is 0 Å². The molecule has 1 aromatic heterocycles. The van der Waals surface area contributed by atoms with Gasteiger partial charge in [-0.15, -0.1) is 0 Å². The summed E-state index contributed by atoms with van der Waals surface area (Å²) in [6.45, 7) is 5.89. The van der Waals surface area contributed by atoms with E-state index < -0.39 is 19.9 Å². The van der Waals surface area contributed by atoms with Gasteiger partial charge in [0.1, 0.15) is 11.4 Å². The number of halogens is 3. The van der Waals surface area contributed by atoms with Crippen molar-refractivity contribution in [1.29, 1.82) is 0 Å². The Morgan fingerprint density at radius 3 is 2.19 bits per heavy atom. The van der Waals surface area contributed by atoms with Crippen LogP contribution in [0.3, 0.4) is 0 Å². The number of alkyl halides is 3. The van der Waals surface area contributed by atoms with Gasteiger partial charge in [0.25, 0.3) is 0 Å². The van der Waals surface area contributed by atoms with Crippen LogP contribution < -0.4 is 9.92 Å². The van der Waals surface area contributed by atoms with Crippen molar-refractivity contribution >= 4 is 13.3 Å². The predicted molar refractivity (Wildman–Crippen MR) is 58.8 cm³/mol. The fourth-order valence-electron chi connectivity index (χ4n) is 1.35. The van der Waals surface area contributed by atoms with E-state index in [9.17, 15) is 13.2 Å². The van der Waals surface area contributed by atoms with Gasteiger partial charge in [-0.3, -0.25) is 0 Å². The first kappa shape index (κ1) is 13.0. The van der Waals surface area contributed by atoms with Gasteiger partial charge in [-0.2, -0.15) is 13.2 Å². The standard InChI is InChI=1S/C10H14F3NOSi/c1-15-7-6-14-9(10(11,12)13)5-8(7)16(2,3)4/h5-6H,1-4H3. The molecule has 0 fully saturated rings. The lowest BCUT2D eigenvalue weighted by Crippen LogP contribution is -2.39. The van der Waals surface area contributed by atoms with Crippen molar-refractivity contribution in [2.24, 2.45) is 0 Å². The van der Waals surface area contributed by atoms with E-state index >= 15 is 0 Å². The summed E-state index contributed by atoms with van der Waals surface area (Å²) in [5, 5.41) is 0.636. The predicted octanol–water partition coefficient (Wildman–Crippen LogP) is 2.65. The molecule has 1 rings (SSSR count). The number of aromatic nitrogens is 1. The molecule has 6 heteroatoms. The number of rotatable bonds is 2. The molecule has 16 heavy (non-hydrogen) atoms. The van der Waals surface area contributed by atoms with Crippen LogP contribution in [0.5, 0.6) is 5.75 Å². The maximum atomic E-state index is 12.5. The summed E-state index contributed by atoms with van der Waals surface area (Å²) in [5.74, 6) is 0.437. The minimum Gasteiger partial charge on any atom is -0.495 e. The third-order valence-corrected chi connectivity index (χ3v) is 4.19. The van der Waals surface area contributed by atoms with Crippen LogP contribution in [0.4, 0.5) is 13.2 Å². The Morgan fingerprint density at radius 2 is 1.81 bits per heavy atom. The van der Waals surface area contributed by atoms with E-state index in [1.165, 1.54) is 7.11 Å². The molecule has 0 bridgehead atoms. The van der Waals surface area contributed by atoms with Gasteiger partial charge in [-0.05, 0) is 11.3 Å². The summed E-state index contributed by atoms with van der Waals surface area (Å²) in [6, 6.07) is 1.10. The van der Waals surface area contributed by atoms with Gasteiger partial charge in [-0.25, -0.2) is 4.98 Å². The fraction of sp³-hybridized carbons (Fsp3) is 0.500. The molecule has 0 aromatic carbocycles. The van der Waals surface area contributed by atoms with Crippen LogP contribution in [-0.2, 0) is 6.18 Å². The van der Waals surface area contributed by atoms with E-state index in [2.05, 4.69) is 4.98 Å². The van der Waals surface area contributed by atoms with Crippen molar-refractivity contribution < 1.29 is 17.9 Å². The molecule has 0 radical (unpaired) electrons. The van der Waals surface area contributed by atoms with Crippen LogP contribution >= 0.6 is 0 Å². The summed E-state index contributed by atoms with van der Waals surface area (Å²) in [6.07, 6.45) is -3.25. The molecule has 0 unspecified atom stereocenters. The average molecular weight is 249 g/mol.